The van der Waals surface area contributed by atoms with Crippen molar-refractivity contribution < 1.29 is 13.2 Å². The van der Waals surface area contributed by atoms with E-state index in [1.165, 1.54) is 11.3 Å². The van der Waals surface area contributed by atoms with E-state index in [-0.39, 0.29) is 36.1 Å². The minimum Gasteiger partial charge on any atom is -0.373 e. The van der Waals surface area contributed by atoms with Crippen molar-refractivity contribution in [2.24, 2.45) is 4.99 Å². The number of sulfonamides is 1. The maximum atomic E-state index is 12.2. The van der Waals surface area contributed by atoms with Crippen LogP contribution in [-0.4, -0.2) is 52.8 Å². The summed E-state index contributed by atoms with van der Waals surface area (Å²) in [7, 11) is -3.44. The Bertz CT molecular complexity index is 685. The van der Waals surface area contributed by atoms with Crippen LogP contribution in [0.1, 0.15) is 31.6 Å². The molecule has 3 N–H and O–H groups in total. The summed E-state index contributed by atoms with van der Waals surface area (Å²) >= 11 is 1.27. The molecule has 1 unspecified atom stereocenters. The summed E-state index contributed by atoms with van der Waals surface area (Å²) < 4.78 is 33.0. The third-order valence-corrected chi connectivity index (χ3v) is 6.86. The number of guanidine groups is 1. The molecule has 10 heteroatoms. The van der Waals surface area contributed by atoms with E-state index in [2.05, 4.69) is 27.3 Å². The van der Waals surface area contributed by atoms with E-state index in [4.69, 9.17) is 4.74 Å². The molecular weight excluding hydrogens is 487 g/mol. The summed E-state index contributed by atoms with van der Waals surface area (Å²) in [5.41, 5.74) is -0.193. The van der Waals surface area contributed by atoms with Crippen molar-refractivity contribution in [3.63, 3.8) is 0 Å². The lowest BCUT2D eigenvalue weighted by Crippen LogP contribution is -2.42. The number of ether oxygens (including phenoxy) is 1. The Morgan fingerprint density at radius 1 is 1.35 bits per heavy atom. The number of thiophene rings is 1. The van der Waals surface area contributed by atoms with Gasteiger partial charge in [-0.1, -0.05) is 0 Å². The molecule has 7 nitrogen and oxygen atoms in total. The van der Waals surface area contributed by atoms with Crippen molar-refractivity contribution in [3.05, 3.63) is 17.0 Å². The Labute approximate surface area is 177 Å². The Morgan fingerprint density at radius 2 is 2.12 bits per heavy atom. The summed E-state index contributed by atoms with van der Waals surface area (Å²) in [5.74, 6) is 0.672. The van der Waals surface area contributed by atoms with E-state index >= 15 is 0 Å². The molecule has 1 fully saturated rings. The highest BCUT2D eigenvalue weighted by Crippen LogP contribution is 2.25. The monoisotopic (exact) mass is 516 g/mol. The topological polar surface area (TPSA) is 91.8 Å². The standard InChI is InChI=1S/C16H28N4O3S2.HI/c1-4-17-15(19-12-16(3)8-5-11-23-16)18-9-10-20-25(21,22)14-7-6-13(2)24-14;/h6-7,20H,4-5,8-12H2,1-3H3,(H2,17,18,19);1H. The third-order valence-electron chi connectivity index (χ3n) is 3.91. The minimum absolute atomic E-state index is 0. The molecule has 0 aromatic carbocycles. The smallest absolute Gasteiger partial charge is 0.250 e. The summed E-state index contributed by atoms with van der Waals surface area (Å²) in [5, 5.41) is 6.32. The molecule has 150 valence electrons. The van der Waals surface area contributed by atoms with Crippen LogP contribution in [0.4, 0.5) is 0 Å². The fourth-order valence-electron chi connectivity index (χ4n) is 2.54. The molecule has 0 radical (unpaired) electrons. The minimum atomic E-state index is -3.44. The van der Waals surface area contributed by atoms with Crippen molar-refractivity contribution >= 4 is 51.3 Å². The van der Waals surface area contributed by atoms with Gasteiger partial charge in [0, 0.05) is 31.1 Å². The van der Waals surface area contributed by atoms with Crippen LogP contribution in [0.3, 0.4) is 0 Å². The number of hydrogen-bond donors (Lipinski definition) is 3. The van der Waals surface area contributed by atoms with Gasteiger partial charge >= 0.3 is 0 Å². The van der Waals surface area contributed by atoms with E-state index in [1.807, 2.05) is 13.8 Å². The first-order valence-electron chi connectivity index (χ1n) is 8.57. The van der Waals surface area contributed by atoms with Gasteiger partial charge in [-0.05, 0) is 45.7 Å². The number of halogens is 1. The average Bonchev–Trinajstić information content (AvgIpc) is 3.18. The van der Waals surface area contributed by atoms with Crippen molar-refractivity contribution in [1.82, 2.24) is 15.4 Å². The largest absolute Gasteiger partial charge is 0.373 e. The Morgan fingerprint density at radius 3 is 2.69 bits per heavy atom. The van der Waals surface area contributed by atoms with Crippen molar-refractivity contribution in [3.8, 4) is 0 Å². The van der Waals surface area contributed by atoms with Gasteiger partial charge in [-0.3, -0.25) is 4.99 Å². The molecule has 26 heavy (non-hydrogen) atoms. The Balaban J connectivity index is 0.00000338. The predicted octanol–water partition coefficient (Wildman–Crippen LogP) is 2.08. The van der Waals surface area contributed by atoms with Gasteiger partial charge in [0.25, 0.3) is 0 Å². The van der Waals surface area contributed by atoms with Crippen LogP contribution in [0.25, 0.3) is 0 Å². The summed E-state index contributed by atoms with van der Waals surface area (Å²) in [4.78, 5) is 5.53. The molecule has 1 aliphatic heterocycles. The van der Waals surface area contributed by atoms with Gasteiger partial charge in [0.2, 0.25) is 10.0 Å². The number of aryl methyl sites for hydroxylation is 1. The van der Waals surface area contributed by atoms with Gasteiger partial charge in [0.1, 0.15) is 4.21 Å². The lowest BCUT2D eigenvalue weighted by atomic mass is 10.0. The summed E-state index contributed by atoms with van der Waals surface area (Å²) in [6, 6.07) is 3.43. The second-order valence-electron chi connectivity index (χ2n) is 6.29. The molecule has 2 heterocycles. The van der Waals surface area contributed by atoms with E-state index in [9.17, 15) is 8.42 Å². The van der Waals surface area contributed by atoms with Crippen molar-refractivity contribution in [2.45, 2.75) is 43.4 Å². The van der Waals surface area contributed by atoms with E-state index in [0.29, 0.717) is 23.3 Å². The Kier molecular flexibility index (Phi) is 9.80. The van der Waals surface area contributed by atoms with E-state index in [1.54, 1.807) is 12.1 Å². The fraction of sp³-hybridized carbons (Fsp3) is 0.688. The van der Waals surface area contributed by atoms with Gasteiger partial charge < -0.3 is 15.4 Å². The second kappa shape index (κ2) is 10.8. The van der Waals surface area contributed by atoms with E-state index < -0.39 is 10.0 Å². The molecule has 1 atom stereocenters. The predicted molar refractivity (Wildman–Crippen MR) is 117 cm³/mol. The molecule has 2 rings (SSSR count). The zero-order valence-electron chi connectivity index (χ0n) is 15.5. The SMILES string of the molecule is CCNC(=NCC1(C)CCCO1)NCCNS(=O)(=O)c1ccc(C)s1.I. The summed E-state index contributed by atoms with van der Waals surface area (Å²) in [6.45, 7) is 8.81. The number of aliphatic imine (C=N–C) groups is 1. The first-order valence-corrected chi connectivity index (χ1v) is 10.9. The van der Waals surface area contributed by atoms with Gasteiger partial charge in [-0.25, -0.2) is 13.1 Å². The maximum absolute atomic E-state index is 12.2. The number of rotatable bonds is 8. The van der Waals surface area contributed by atoms with Gasteiger partial charge in [-0.15, -0.1) is 35.3 Å². The maximum Gasteiger partial charge on any atom is 0.250 e. The van der Waals surface area contributed by atoms with Crippen LogP contribution < -0.4 is 15.4 Å². The lowest BCUT2D eigenvalue weighted by molar-refractivity contribution is 0.0283. The highest BCUT2D eigenvalue weighted by molar-refractivity contribution is 14.0. The highest BCUT2D eigenvalue weighted by atomic mass is 127. The molecule has 0 aliphatic carbocycles. The summed E-state index contributed by atoms with van der Waals surface area (Å²) in [6.07, 6.45) is 2.08. The fourth-order valence-corrected chi connectivity index (χ4v) is 4.90. The first kappa shape index (κ1) is 23.6. The molecule has 0 bridgehead atoms. The van der Waals surface area contributed by atoms with Gasteiger partial charge in [0.05, 0.1) is 12.1 Å². The molecule has 1 aromatic rings. The Hall–Kier alpha value is -0.430. The van der Waals surface area contributed by atoms with Crippen LogP contribution in [-0.2, 0) is 14.8 Å². The molecule has 1 saturated heterocycles. The molecule has 0 amide bonds. The van der Waals surface area contributed by atoms with Crippen LogP contribution in [0.5, 0.6) is 0 Å². The molecule has 1 aromatic heterocycles. The van der Waals surface area contributed by atoms with Crippen LogP contribution in [0.15, 0.2) is 21.3 Å². The molecule has 0 saturated carbocycles. The number of nitrogens with one attached hydrogen (secondary N) is 3. The zero-order chi connectivity index (χ0) is 18.3. The number of nitrogens with zero attached hydrogens (tertiary/aromatic N) is 1. The normalized spacial score (nSPS) is 20.7. The zero-order valence-corrected chi connectivity index (χ0v) is 19.5. The van der Waals surface area contributed by atoms with Crippen LogP contribution >= 0.6 is 35.3 Å². The second-order valence-corrected chi connectivity index (χ2v) is 9.57. The van der Waals surface area contributed by atoms with Gasteiger partial charge in [-0.2, -0.15) is 0 Å². The lowest BCUT2D eigenvalue weighted by Gasteiger charge is -2.21. The average molecular weight is 516 g/mol. The van der Waals surface area contributed by atoms with Crippen LogP contribution in [0.2, 0.25) is 0 Å². The van der Waals surface area contributed by atoms with Gasteiger partial charge in [0.15, 0.2) is 5.96 Å². The highest BCUT2D eigenvalue weighted by Gasteiger charge is 2.29. The first-order chi connectivity index (χ1) is 11.8. The quantitative estimate of drug-likeness (QED) is 0.213. The van der Waals surface area contributed by atoms with Crippen LogP contribution in [0, 0.1) is 6.92 Å². The van der Waals surface area contributed by atoms with Crippen molar-refractivity contribution in [1.29, 1.82) is 0 Å². The van der Waals surface area contributed by atoms with E-state index in [0.717, 1.165) is 30.9 Å². The molecular formula is C16H29IN4O3S2. The number of hydrogen-bond acceptors (Lipinski definition) is 5. The molecule has 0 spiro atoms. The molecule has 1 aliphatic rings. The third kappa shape index (κ3) is 7.29. The van der Waals surface area contributed by atoms with Crippen molar-refractivity contribution in [2.75, 3.05) is 32.8 Å².